The Morgan fingerprint density at radius 2 is 2.12 bits per heavy atom. The number of nitrogens with zero attached hydrogens (tertiary/aromatic N) is 1. The van der Waals surface area contributed by atoms with Crippen molar-refractivity contribution in [2.75, 3.05) is 32.2 Å². The third-order valence-electron chi connectivity index (χ3n) is 4.45. The predicted octanol–water partition coefficient (Wildman–Crippen LogP) is 4.10. The molecule has 0 N–H and O–H groups in total. The first-order valence-corrected chi connectivity index (χ1v) is 8.98. The van der Waals surface area contributed by atoms with E-state index in [2.05, 4.69) is 4.90 Å². The minimum Gasteiger partial charge on any atom is -0.488 e. The number of aryl methyl sites for hydroxylation is 1. The van der Waals surface area contributed by atoms with Crippen molar-refractivity contribution < 1.29 is 18.3 Å². The SMILES string of the molecule is CC1=C(COc2ccc3oc(C)cc3c2)SCN1CC1(F)COC1. The Bertz CT molecular complexity index is 797. The smallest absolute Gasteiger partial charge is 0.174 e. The summed E-state index contributed by atoms with van der Waals surface area (Å²) in [6.07, 6.45) is 0. The van der Waals surface area contributed by atoms with Gasteiger partial charge >= 0.3 is 0 Å². The first-order valence-electron chi connectivity index (χ1n) is 8.00. The van der Waals surface area contributed by atoms with Gasteiger partial charge in [0.2, 0.25) is 0 Å². The molecule has 1 aromatic carbocycles. The topological polar surface area (TPSA) is 34.8 Å². The van der Waals surface area contributed by atoms with Crippen molar-refractivity contribution in [2.45, 2.75) is 19.5 Å². The average molecular weight is 349 g/mol. The van der Waals surface area contributed by atoms with Gasteiger partial charge in [-0.15, -0.1) is 11.8 Å². The summed E-state index contributed by atoms with van der Waals surface area (Å²) < 4.78 is 30.7. The molecule has 3 heterocycles. The van der Waals surface area contributed by atoms with Gasteiger partial charge in [0, 0.05) is 16.0 Å². The van der Waals surface area contributed by atoms with Crippen molar-refractivity contribution in [3.05, 3.63) is 40.6 Å². The van der Waals surface area contributed by atoms with Gasteiger partial charge in [-0.3, -0.25) is 0 Å². The van der Waals surface area contributed by atoms with E-state index in [1.165, 1.54) is 0 Å². The van der Waals surface area contributed by atoms with E-state index in [0.717, 1.165) is 39.0 Å². The van der Waals surface area contributed by atoms with E-state index in [0.29, 0.717) is 13.2 Å². The highest BCUT2D eigenvalue weighted by Crippen LogP contribution is 2.35. The number of rotatable bonds is 5. The number of fused-ring (bicyclic) bond motifs is 1. The van der Waals surface area contributed by atoms with Crippen LogP contribution in [0.2, 0.25) is 0 Å². The Kier molecular flexibility index (Phi) is 3.96. The zero-order valence-electron chi connectivity index (χ0n) is 13.8. The molecule has 0 amide bonds. The highest BCUT2D eigenvalue weighted by atomic mass is 32.2. The molecule has 6 heteroatoms. The van der Waals surface area contributed by atoms with Gasteiger partial charge in [-0.05, 0) is 38.1 Å². The lowest BCUT2D eigenvalue weighted by Gasteiger charge is -2.37. The molecule has 0 unspecified atom stereocenters. The summed E-state index contributed by atoms with van der Waals surface area (Å²) in [4.78, 5) is 3.23. The quantitative estimate of drug-likeness (QED) is 0.812. The highest BCUT2D eigenvalue weighted by molar-refractivity contribution is 8.03. The first kappa shape index (κ1) is 15.8. The van der Waals surface area contributed by atoms with Crippen LogP contribution in [-0.4, -0.2) is 42.8 Å². The van der Waals surface area contributed by atoms with Crippen LogP contribution < -0.4 is 4.74 Å². The number of ether oxygens (including phenoxy) is 2. The lowest BCUT2D eigenvalue weighted by atomic mass is 10.0. The maximum absolute atomic E-state index is 14.2. The zero-order chi connectivity index (χ0) is 16.7. The number of hydrogen-bond acceptors (Lipinski definition) is 5. The van der Waals surface area contributed by atoms with Gasteiger partial charge < -0.3 is 18.8 Å². The van der Waals surface area contributed by atoms with E-state index in [1.54, 1.807) is 11.8 Å². The molecule has 4 rings (SSSR count). The van der Waals surface area contributed by atoms with Crippen molar-refractivity contribution in [1.29, 1.82) is 0 Å². The molecule has 24 heavy (non-hydrogen) atoms. The van der Waals surface area contributed by atoms with Crippen LogP contribution in [0.15, 0.2) is 39.3 Å². The Morgan fingerprint density at radius 3 is 2.88 bits per heavy atom. The Morgan fingerprint density at radius 1 is 1.29 bits per heavy atom. The molecule has 1 aromatic heterocycles. The Hall–Kier alpha value is -1.66. The van der Waals surface area contributed by atoms with Crippen molar-refractivity contribution >= 4 is 22.7 Å². The summed E-state index contributed by atoms with van der Waals surface area (Å²) in [5.41, 5.74) is 0.777. The number of allylic oxidation sites excluding steroid dienone is 1. The number of alkyl halides is 1. The molecule has 1 fully saturated rings. The number of thioether (sulfide) groups is 1. The van der Waals surface area contributed by atoms with Crippen LogP contribution in [0.25, 0.3) is 11.0 Å². The van der Waals surface area contributed by atoms with Crippen LogP contribution in [0.3, 0.4) is 0 Å². The van der Waals surface area contributed by atoms with E-state index in [1.807, 2.05) is 38.1 Å². The maximum Gasteiger partial charge on any atom is 0.174 e. The van der Waals surface area contributed by atoms with Crippen LogP contribution in [0.4, 0.5) is 4.39 Å². The van der Waals surface area contributed by atoms with E-state index < -0.39 is 5.67 Å². The Labute approximate surface area is 144 Å². The normalized spacial score (nSPS) is 19.9. The summed E-state index contributed by atoms with van der Waals surface area (Å²) in [6.45, 7) is 5.28. The van der Waals surface area contributed by atoms with Crippen molar-refractivity contribution in [1.82, 2.24) is 4.90 Å². The third-order valence-corrected chi connectivity index (χ3v) is 5.65. The van der Waals surface area contributed by atoms with Gasteiger partial charge in [0.05, 0.1) is 25.6 Å². The molecule has 0 spiro atoms. The van der Waals surface area contributed by atoms with Gasteiger partial charge in [0.1, 0.15) is 23.7 Å². The van der Waals surface area contributed by atoms with E-state index >= 15 is 0 Å². The fraction of sp³-hybridized carbons (Fsp3) is 0.444. The van der Waals surface area contributed by atoms with Gasteiger partial charge in [0.15, 0.2) is 5.67 Å². The summed E-state index contributed by atoms with van der Waals surface area (Å²) in [5, 5.41) is 1.04. The molecule has 0 saturated carbocycles. The summed E-state index contributed by atoms with van der Waals surface area (Å²) in [6, 6.07) is 7.83. The van der Waals surface area contributed by atoms with Crippen LogP contribution in [0, 0.1) is 6.92 Å². The third kappa shape index (κ3) is 3.00. The van der Waals surface area contributed by atoms with Crippen LogP contribution in [-0.2, 0) is 4.74 Å². The van der Waals surface area contributed by atoms with Crippen molar-refractivity contribution in [2.24, 2.45) is 0 Å². The van der Waals surface area contributed by atoms with E-state index in [-0.39, 0.29) is 13.2 Å². The number of hydrogen-bond donors (Lipinski definition) is 0. The fourth-order valence-corrected chi connectivity index (χ4v) is 4.07. The van der Waals surface area contributed by atoms with Crippen molar-refractivity contribution in [3.63, 3.8) is 0 Å². The van der Waals surface area contributed by atoms with Crippen LogP contribution >= 0.6 is 11.8 Å². The molecule has 0 radical (unpaired) electrons. The minimum atomic E-state index is -1.19. The molecule has 0 aliphatic carbocycles. The minimum absolute atomic E-state index is 0.206. The molecule has 1 saturated heterocycles. The molecule has 2 aliphatic heterocycles. The number of halogens is 1. The van der Waals surface area contributed by atoms with Crippen LogP contribution in [0.1, 0.15) is 12.7 Å². The van der Waals surface area contributed by atoms with Gasteiger partial charge in [-0.2, -0.15) is 0 Å². The number of benzene rings is 1. The first-order chi connectivity index (χ1) is 11.5. The van der Waals surface area contributed by atoms with Gasteiger partial charge in [-0.25, -0.2) is 4.39 Å². The summed E-state index contributed by atoms with van der Waals surface area (Å²) in [7, 11) is 0. The molecular formula is C18H20FNO3S. The van der Waals surface area contributed by atoms with Crippen LogP contribution in [0.5, 0.6) is 5.75 Å². The molecule has 0 atom stereocenters. The molecule has 2 aromatic rings. The average Bonchev–Trinajstić information content (AvgIpc) is 3.06. The summed E-state index contributed by atoms with van der Waals surface area (Å²) >= 11 is 1.72. The van der Waals surface area contributed by atoms with E-state index in [4.69, 9.17) is 13.9 Å². The largest absolute Gasteiger partial charge is 0.488 e. The van der Waals surface area contributed by atoms with E-state index in [9.17, 15) is 4.39 Å². The second-order valence-corrected chi connectivity index (χ2v) is 7.51. The van der Waals surface area contributed by atoms with Gasteiger partial charge in [-0.1, -0.05) is 0 Å². The zero-order valence-corrected chi connectivity index (χ0v) is 14.6. The summed E-state index contributed by atoms with van der Waals surface area (Å²) in [5.74, 6) is 2.48. The molecule has 2 aliphatic rings. The lowest BCUT2D eigenvalue weighted by Crippen LogP contribution is -2.52. The lowest BCUT2D eigenvalue weighted by molar-refractivity contribution is -0.136. The Balaban J connectivity index is 1.41. The second-order valence-electron chi connectivity index (χ2n) is 6.47. The number of furan rings is 1. The molecule has 128 valence electrons. The molecule has 0 bridgehead atoms. The molecule has 4 nitrogen and oxygen atoms in total. The highest BCUT2D eigenvalue weighted by Gasteiger charge is 2.41. The molecular weight excluding hydrogens is 329 g/mol. The monoisotopic (exact) mass is 349 g/mol. The maximum atomic E-state index is 14.2. The predicted molar refractivity (Wildman–Crippen MR) is 93.0 cm³/mol. The van der Waals surface area contributed by atoms with Crippen molar-refractivity contribution in [3.8, 4) is 5.75 Å². The van der Waals surface area contributed by atoms with Gasteiger partial charge in [0.25, 0.3) is 0 Å². The standard InChI is InChI=1S/C18H20FNO3S/c1-12-5-14-6-15(3-4-16(14)23-12)22-7-17-13(2)20(11-24-17)8-18(19)9-21-10-18/h3-6H,7-11H2,1-2H3. The second kappa shape index (κ2) is 6.01. The fourth-order valence-electron chi connectivity index (χ4n) is 2.99.